The van der Waals surface area contributed by atoms with E-state index < -0.39 is 0 Å². The molecular weight excluding hydrogens is 192 g/mol. The fraction of sp³-hybridized carbons (Fsp3) is 0.875. The summed E-state index contributed by atoms with van der Waals surface area (Å²) in [7, 11) is 0. The van der Waals surface area contributed by atoms with Gasteiger partial charge < -0.3 is 16.1 Å². The summed E-state index contributed by atoms with van der Waals surface area (Å²) in [4.78, 5) is 11.0. The second-order valence-corrected chi connectivity index (χ2v) is 3.61. The summed E-state index contributed by atoms with van der Waals surface area (Å²) >= 11 is 0. The smallest absolute Gasteiger partial charge is 0.220 e. The van der Waals surface area contributed by atoms with E-state index in [-0.39, 0.29) is 29.3 Å². The van der Waals surface area contributed by atoms with Crippen molar-refractivity contribution in [2.24, 2.45) is 0 Å². The van der Waals surface area contributed by atoms with Gasteiger partial charge in [0.2, 0.25) is 5.91 Å². The van der Waals surface area contributed by atoms with Crippen molar-refractivity contribution in [1.29, 1.82) is 0 Å². The number of halogens is 1. The molecule has 2 saturated heterocycles. The normalized spacial score (nSPS) is 31.8. The first-order valence-corrected chi connectivity index (χ1v) is 4.33. The Bertz CT molecular complexity index is 181. The molecule has 2 fully saturated rings. The van der Waals surface area contributed by atoms with E-state index in [9.17, 15) is 4.79 Å². The Morgan fingerprint density at radius 1 is 1.31 bits per heavy atom. The Morgan fingerprint density at radius 2 is 2.08 bits per heavy atom. The van der Waals surface area contributed by atoms with Crippen LogP contribution in [0, 0.1) is 0 Å². The molecule has 0 aliphatic carbocycles. The number of nitrogens with one attached hydrogen (secondary N) is 2. The van der Waals surface area contributed by atoms with Gasteiger partial charge in [0.1, 0.15) is 0 Å². The summed E-state index contributed by atoms with van der Waals surface area (Å²) in [5, 5.41) is 6.39. The highest BCUT2D eigenvalue weighted by Crippen LogP contribution is 2.26. The van der Waals surface area contributed by atoms with E-state index in [2.05, 4.69) is 10.6 Å². The molecule has 0 aromatic rings. The molecular formula is C8H17ClN2O2. The molecule has 0 aromatic carbocycles. The first kappa shape index (κ1) is 12.7. The van der Waals surface area contributed by atoms with Crippen molar-refractivity contribution in [3.63, 3.8) is 0 Å². The van der Waals surface area contributed by atoms with Crippen LogP contribution in [0.15, 0.2) is 0 Å². The maximum Gasteiger partial charge on any atom is 0.220 e. The van der Waals surface area contributed by atoms with Gasteiger partial charge in [0.15, 0.2) is 0 Å². The third-order valence-electron chi connectivity index (χ3n) is 2.71. The van der Waals surface area contributed by atoms with Crippen LogP contribution in [0.1, 0.15) is 25.7 Å². The summed E-state index contributed by atoms with van der Waals surface area (Å²) < 4.78 is 0. The van der Waals surface area contributed by atoms with Gasteiger partial charge in [-0.1, -0.05) is 0 Å². The number of amides is 1. The number of hydrogen-bond donors (Lipinski definition) is 2. The first-order valence-electron chi connectivity index (χ1n) is 4.33. The number of piperidine rings is 1. The van der Waals surface area contributed by atoms with Crippen molar-refractivity contribution in [2.45, 2.75) is 31.2 Å². The van der Waals surface area contributed by atoms with Crippen LogP contribution < -0.4 is 10.6 Å². The standard InChI is InChI=1S/C8H14N2O.ClH.H2O/c11-7-2-4-8(10-7)3-1-5-9-6-8;;/h9H,1-6H2,(H,10,11);1H;1H2. The summed E-state index contributed by atoms with van der Waals surface area (Å²) in [5.74, 6) is 0.230. The SMILES string of the molecule is Cl.O.O=C1CCC2(CCCNC2)N1. The Hall–Kier alpha value is -0.320. The second kappa shape index (κ2) is 4.79. The average molecular weight is 209 g/mol. The third kappa shape index (κ3) is 2.56. The number of rotatable bonds is 0. The van der Waals surface area contributed by atoms with E-state index in [1.807, 2.05) is 0 Å². The minimum absolute atomic E-state index is 0. The first-order chi connectivity index (χ1) is 5.31. The third-order valence-corrected chi connectivity index (χ3v) is 2.71. The molecule has 4 nitrogen and oxygen atoms in total. The van der Waals surface area contributed by atoms with Crippen LogP contribution in [-0.4, -0.2) is 30.0 Å². The summed E-state index contributed by atoms with van der Waals surface area (Å²) in [6, 6.07) is 0. The van der Waals surface area contributed by atoms with Crippen LogP contribution in [0.2, 0.25) is 0 Å². The predicted molar refractivity (Wildman–Crippen MR) is 53.1 cm³/mol. The van der Waals surface area contributed by atoms with E-state index in [1.165, 1.54) is 6.42 Å². The van der Waals surface area contributed by atoms with Crippen molar-refractivity contribution in [1.82, 2.24) is 10.6 Å². The van der Waals surface area contributed by atoms with Gasteiger partial charge in [0.25, 0.3) is 0 Å². The zero-order valence-electron chi connectivity index (χ0n) is 7.56. The Morgan fingerprint density at radius 3 is 2.54 bits per heavy atom. The van der Waals surface area contributed by atoms with Gasteiger partial charge >= 0.3 is 0 Å². The Balaban J connectivity index is 0.000000720. The van der Waals surface area contributed by atoms with Gasteiger partial charge in [0, 0.05) is 13.0 Å². The van der Waals surface area contributed by atoms with Crippen LogP contribution in [0.25, 0.3) is 0 Å². The van der Waals surface area contributed by atoms with Crippen molar-refractivity contribution < 1.29 is 10.3 Å². The fourth-order valence-electron chi connectivity index (χ4n) is 2.06. The van der Waals surface area contributed by atoms with Crippen LogP contribution >= 0.6 is 12.4 Å². The summed E-state index contributed by atoms with van der Waals surface area (Å²) in [6.45, 7) is 2.08. The molecule has 2 heterocycles. The maximum atomic E-state index is 11.0. The topological polar surface area (TPSA) is 72.6 Å². The summed E-state index contributed by atoms with van der Waals surface area (Å²) in [6.07, 6.45) is 4.10. The van der Waals surface area contributed by atoms with Crippen molar-refractivity contribution in [3.05, 3.63) is 0 Å². The Labute approximate surface area is 84.2 Å². The lowest BCUT2D eigenvalue weighted by atomic mass is 9.89. The van der Waals surface area contributed by atoms with Crippen molar-refractivity contribution in [3.8, 4) is 0 Å². The van der Waals surface area contributed by atoms with Crippen molar-refractivity contribution in [2.75, 3.05) is 13.1 Å². The lowest BCUT2D eigenvalue weighted by molar-refractivity contribution is -0.119. The largest absolute Gasteiger partial charge is 0.412 e. The van der Waals surface area contributed by atoms with Gasteiger partial charge in [-0.25, -0.2) is 0 Å². The quantitative estimate of drug-likeness (QED) is 0.570. The zero-order chi connectivity index (χ0) is 7.73. The minimum atomic E-state index is 0. The lowest BCUT2D eigenvalue weighted by Gasteiger charge is -2.33. The van der Waals surface area contributed by atoms with Crippen LogP contribution in [0.3, 0.4) is 0 Å². The monoisotopic (exact) mass is 208 g/mol. The molecule has 1 atom stereocenters. The second-order valence-electron chi connectivity index (χ2n) is 3.61. The molecule has 0 bridgehead atoms. The fourth-order valence-corrected chi connectivity index (χ4v) is 2.06. The van der Waals surface area contributed by atoms with Crippen LogP contribution in [0.4, 0.5) is 0 Å². The molecule has 2 aliphatic rings. The molecule has 1 spiro atoms. The van der Waals surface area contributed by atoms with Gasteiger partial charge in [-0.15, -0.1) is 12.4 Å². The molecule has 1 amide bonds. The molecule has 78 valence electrons. The van der Waals surface area contributed by atoms with Crippen LogP contribution in [0.5, 0.6) is 0 Å². The highest BCUT2D eigenvalue weighted by atomic mass is 35.5. The molecule has 5 heteroatoms. The van der Waals surface area contributed by atoms with Gasteiger partial charge in [-0.2, -0.15) is 0 Å². The molecule has 2 rings (SSSR count). The average Bonchev–Trinajstić information content (AvgIpc) is 2.34. The highest BCUT2D eigenvalue weighted by molar-refractivity contribution is 5.85. The number of carbonyl (C=O) groups is 1. The van der Waals surface area contributed by atoms with E-state index >= 15 is 0 Å². The van der Waals surface area contributed by atoms with E-state index in [1.54, 1.807) is 0 Å². The van der Waals surface area contributed by atoms with Gasteiger partial charge in [-0.3, -0.25) is 4.79 Å². The van der Waals surface area contributed by atoms with Crippen molar-refractivity contribution >= 4 is 18.3 Å². The zero-order valence-corrected chi connectivity index (χ0v) is 8.38. The van der Waals surface area contributed by atoms with Gasteiger partial charge in [-0.05, 0) is 25.8 Å². The maximum absolute atomic E-state index is 11.0. The molecule has 13 heavy (non-hydrogen) atoms. The molecule has 0 saturated carbocycles. The number of hydrogen-bond acceptors (Lipinski definition) is 2. The Kier molecular flexibility index (Phi) is 4.67. The summed E-state index contributed by atoms with van der Waals surface area (Å²) in [5.41, 5.74) is 0.134. The van der Waals surface area contributed by atoms with Crippen LogP contribution in [-0.2, 0) is 4.79 Å². The van der Waals surface area contributed by atoms with E-state index in [0.717, 1.165) is 32.4 Å². The predicted octanol–water partition coefficient (Wildman–Crippen LogP) is -0.384. The van der Waals surface area contributed by atoms with E-state index in [4.69, 9.17) is 0 Å². The highest BCUT2D eigenvalue weighted by Gasteiger charge is 2.38. The molecule has 0 radical (unpaired) electrons. The van der Waals surface area contributed by atoms with E-state index in [0.29, 0.717) is 0 Å². The molecule has 2 aliphatic heterocycles. The molecule has 4 N–H and O–H groups in total. The molecule has 1 unspecified atom stereocenters. The van der Waals surface area contributed by atoms with Gasteiger partial charge in [0.05, 0.1) is 5.54 Å². The molecule has 0 aromatic heterocycles. The minimum Gasteiger partial charge on any atom is -0.412 e. The lowest BCUT2D eigenvalue weighted by Crippen LogP contribution is -2.52. The number of carbonyl (C=O) groups excluding carboxylic acids is 1.